The van der Waals surface area contributed by atoms with Crippen LogP contribution >= 0.6 is 0 Å². The molecule has 2 rings (SSSR count). The van der Waals surface area contributed by atoms with Gasteiger partial charge in [-0.3, -0.25) is 0 Å². The molecule has 1 aromatic rings. The Kier molecular flexibility index (Phi) is 5.39. The zero-order valence-electron chi connectivity index (χ0n) is 13.9. The molecule has 2 atom stereocenters. The summed E-state index contributed by atoms with van der Waals surface area (Å²) in [5.41, 5.74) is 2.46. The second-order valence-corrected chi connectivity index (χ2v) is 6.99. The molecule has 0 radical (unpaired) electrons. The van der Waals surface area contributed by atoms with Crippen LogP contribution in [0.15, 0.2) is 18.2 Å². The number of benzene rings is 1. The van der Waals surface area contributed by atoms with E-state index >= 15 is 0 Å². The molecular weight excluding hydrogens is 263 g/mol. The largest absolute Gasteiger partial charge is 0.311 e. The minimum atomic E-state index is -0.147. The Morgan fingerprint density at radius 3 is 2.81 bits per heavy atom. The molecule has 1 aliphatic carbocycles. The Labute approximate surface area is 128 Å². The average molecular weight is 292 g/mol. The van der Waals surface area contributed by atoms with Gasteiger partial charge >= 0.3 is 0 Å². The maximum absolute atomic E-state index is 13.3. The lowest BCUT2D eigenvalue weighted by atomic mass is 9.75. The van der Waals surface area contributed by atoms with Crippen molar-refractivity contribution in [2.24, 2.45) is 5.92 Å². The van der Waals surface area contributed by atoms with Crippen molar-refractivity contribution >= 4 is 0 Å². The van der Waals surface area contributed by atoms with Crippen LogP contribution in [0.25, 0.3) is 0 Å². The van der Waals surface area contributed by atoms with Crippen LogP contribution in [0.5, 0.6) is 0 Å². The van der Waals surface area contributed by atoms with Crippen molar-refractivity contribution in [3.8, 4) is 0 Å². The minimum Gasteiger partial charge on any atom is -0.311 e. The molecule has 3 heteroatoms. The Morgan fingerprint density at radius 2 is 2.14 bits per heavy atom. The molecule has 1 saturated carbocycles. The fraction of sp³-hybridized carbons (Fsp3) is 0.667. The number of nitrogens with zero attached hydrogens (tertiary/aromatic N) is 1. The molecule has 0 heterocycles. The average Bonchev–Trinajstić information content (AvgIpc) is 2.42. The van der Waals surface area contributed by atoms with E-state index in [0.29, 0.717) is 0 Å². The maximum atomic E-state index is 13.3. The molecule has 1 fully saturated rings. The van der Waals surface area contributed by atoms with E-state index in [1.54, 1.807) is 6.07 Å². The topological polar surface area (TPSA) is 15.3 Å². The van der Waals surface area contributed by atoms with E-state index in [4.69, 9.17) is 0 Å². The SMILES string of the molecule is Cc1ccc(F)cc1CNCC1(N(C)C)CCCC(C)C1. The first-order valence-corrected chi connectivity index (χ1v) is 8.06. The summed E-state index contributed by atoms with van der Waals surface area (Å²) < 4.78 is 13.3. The molecule has 118 valence electrons. The van der Waals surface area contributed by atoms with Crippen LogP contribution in [0, 0.1) is 18.7 Å². The normalized spacial score (nSPS) is 26.3. The predicted molar refractivity (Wildman–Crippen MR) is 86.9 cm³/mol. The van der Waals surface area contributed by atoms with Crippen molar-refractivity contribution in [1.82, 2.24) is 10.2 Å². The van der Waals surface area contributed by atoms with Gasteiger partial charge in [0.25, 0.3) is 0 Å². The highest BCUT2D eigenvalue weighted by Crippen LogP contribution is 2.35. The van der Waals surface area contributed by atoms with Gasteiger partial charge in [0.2, 0.25) is 0 Å². The van der Waals surface area contributed by atoms with E-state index in [1.807, 2.05) is 13.0 Å². The lowest BCUT2D eigenvalue weighted by Gasteiger charge is -2.45. The van der Waals surface area contributed by atoms with E-state index in [2.05, 4.69) is 31.2 Å². The summed E-state index contributed by atoms with van der Waals surface area (Å²) in [5, 5.41) is 3.57. The monoisotopic (exact) mass is 292 g/mol. The van der Waals surface area contributed by atoms with Gasteiger partial charge < -0.3 is 10.2 Å². The molecule has 1 aromatic carbocycles. The first-order valence-electron chi connectivity index (χ1n) is 8.06. The van der Waals surface area contributed by atoms with Crippen LogP contribution in [0.4, 0.5) is 4.39 Å². The van der Waals surface area contributed by atoms with E-state index < -0.39 is 0 Å². The minimum absolute atomic E-state index is 0.147. The molecule has 0 bridgehead atoms. The maximum Gasteiger partial charge on any atom is 0.123 e. The van der Waals surface area contributed by atoms with Gasteiger partial charge in [0.15, 0.2) is 0 Å². The number of halogens is 1. The zero-order valence-corrected chi connectivity index (χ0v) is 13.9. The summed E-state index contributed by atoms with van der Waals surface area (Å²) in [7, 11) is 4.38. The van der Waals surface area contributed by atoms with Gasteiger partial charge in [-0.05, 0) is 63.0 Å². The van der Waals surface area contributed by atoms with Crippen molar-refractivity contribution in [2.75, 3.05) is 20.6 Å². The predicted octanol–water partition coefficient (Wildman–Crippen LogP) is 3.73. The van der Waals surface area contributed by atoms with Crippen LogP contribution < -0.4 is 5.32 Å². The van der Waals surface area contributed by atoms with Gasteiger partial charge in [-0.1, -0.05) is 25.8 Å². The number of hydrogen-bond donors (Lipinski definition) is 1. The summed E-state index contributed by atoms with van der Waals surface area (Å²) in [6, 6.07) is 5.04. The summed E-state index contributed by atoms with van der Waals surface area (Å²) in [4.78, 5) is 2.38. The lowest BCUT2D eigenvalue weighted by molar-refractivity contribution is 0.0749. The highest BCUT2D eigenvalue weighted by Gasteiger charge is 2.36. The summed E-state index contributed by atoms with van der Waals surface area (Å²) in [5.74, 6) is 0.643. The third-order valence-corrected chi connectivity index (χ3v) is 5.10. The molecule has 0 aromatic heterocycles. The van der Waals surface area contributed by atoms with Crippen molar-refractivity contribution < 1.29 is 4.39 Å². The molecule has 0 aliphatic heterocycles. The number of aryl methyl sites for hydroxylation is 1. The quantitative estimate of drug-likeness (QED) is 0.889. The standard InChI is InChI=1S/C18H29FN2/c1-14-6-5-9-18(11-14,21(3)4)13-20-12-16-10-17(19)8-7-15(16)2/h7-8,10,14,20H,5-6,9,11-13H2,1-4H3. The molecule has 0 saturated heterocycles. The first kappa shape index (κ1) is 16.4. The second kappa shape index (κ2) is 6.89. The molecule has 1 aliphatic rings. The van der Waals surface area contributed by atoms with Crippen LogP contribution in [0.1, 0.15) is 43.7 Å². The molecule has 21 heavy (non-hydrogen) atoms. The smallest absolute Gasteiger partial charge is 0.123 e. The van der Waals surface area contributed by atoms with Crippen LogP contribution in [-0.4, -0.2) is 31.1 Å². The number of hydrogen-bond acceptors (Lipinski definition) is 2. The van der Waals surface area contributed by atoms with E-state index in [1.165, 1.54) is 31.7 Å². The van der Waals surface area contributed by atoms with Crippen molar-refractivity contribution in [3.05, 3.63) is 35.1 Å². The number of nitrogens with one attached hydrogen (secondary N) is 1. The summed E-state index contributed by atoms with van der Waals surface area (Å²) in [6.45, 7) is 6.11. The highest BCUT2D eigenvalue weighted by atomic mass is 19.1. The third-order valence-electron chi connectivity index (χ3n) is 5.10. The Bertz CT molecular complexity index is 472. The molecule has 1 N–H and O–H groups in total. The Balaban J connectivity index is 1.98. The van der Waals surface area contributed by atoms with Crippen LogP contribution in [-0.2, 0) is 6.54 Å². The summed E-state index contributed by atoms with van der Waals surface area (Å²) in [6.07, 6.45) is 5.15. The van der Waals surface area contributed by atoms with Crippen molar-refractivity contribution in [3.63, 3.8) is 0 Å². The molecule has 2 nitrogen and oxygen atoms in total. The second-order valence-electron chi connectivity index (χ2n) is 6.99. The Hall–Kier alpha value is -0.930. The van der Waals surface area contributed by atoms with Gasteiger partial charge in [-0.2, -0.15) is 0 Å². The first-order chi connectivity index (χ1) is 9.93. The lowest BCUT2D eigenvalue weighted by Crippen LogP contribution is -2.54. The van der Waals surface area contributed by atoms with Gasteiger partial charge in [-0.15, -0.1) is 0 Å². The van der Waals surface area contributed by atoms with E-state index in [0.717, 1.165) is 30.1 Å². The van der Waals surface area contributed by atoms with E-state index in [9.17, 15) is 4.39 Å². The van der Waals surface area contributed by atoms with E-state index in [-0.39, 0.29) is 11.4 Å². The van der Waals surface area contributed by atoms with Crippen LogP contribution in [0.2, 0.25) is 0 Å². The molecule has 0 amide bonds. The highest BCUT2D eigenvalue weighted by molar-refractivity contribution is 5.26. The van der Waals surface area contributed by atoms with Gasteiger partial charge in [-0.25, -0.2) is 4.39 Å². The fourth-order valence-electron chi connectivity index (χ4n) is 3.62. The fourth-order valence-corrected chi connectivity index (χ4v) is 3.62. The Morgan fingerprint density at radius 1 is 1.38 bits per heavy atom. The van der Waals surface area contributed by atoms with Gasteiger partial charge in [0.05, 0.1) is 0 Å². The van der Waals surface area contributed by atoms with Crippen molar-refractivity contribution in [2.45, 2.75) is 51.6 Å². The summed E-state index contributed by atoms with van der Waals surface area (Å²) >= 11 is 0. The third kappa shape index (κ3) is 4.04. The molecule has 0 spiro atoms. The zero-order chi connectivity index (χ0) is 15.5. The number of rotatable bonds is 5. The number of likely N-dealkylation sites (N-methyl/N-ethyl adjacent to an activating group) is 1. The van der Waals surface area contributed by atoms with Crippen molar-refractivity contribution in [1.29, 1.82) is 0 Å². The molecule has 2 unspecified atom stereocenters. The van der Waals surface area contributed by atoms with Gasteiger partial charge in [0.1, 0.15) is 5.82 Å². The van der Waals surface area contributed by atoms with Gasteiger partial charge in [0, 0.05) is 18.6 Å². The molecular formula is C18H29FN2. The van der Waals surface area contributed by atoms with Crippen LogP contribution in [0.3, 0.4) is 0 Å².